The molecule has 0 unspecified atom stereocenters. The summed E-state index contributed by atoms with van der Waals surface area (Å²) in [5.74, 6) is -0.577. The summed E-state index contributed by atoms with van der Waals surface area (Å²) in [6.07, 6.45) is 9.38. The van der Waals surface area contributed by atoms with Crippen molar-refractivity contribution in [3.8, 4) is 11.4 Å². The molecule has 3 aromatic heterocycles. The predicted molar refractivity (Wildman–Crippen MR) is 120 cm³/mol. The normalized spacial score (nSPS) is 14.1. The molecule has 0 radical (unpaired) electrons. The van der Waals surface area contributed by atoms with Gasteiger partial charge < -0.3 is 5.11 Å². The van der Waals surface area contributed by atoms with E-state index in [1.54, 1.807) is 74.3 Å². The van der Waals surface area contributed by atoms with E-state index in [4.69, 9.17) is 0 Å². The van der Waals surface area contributed by atoms with Gasteiger partial charge in [0, 0.05) is 24.2 Å². The van der Waals surface area contributed by atoms with E-state index in [-0.39, 0.29) is 17.8 Å². The molecule has 0 spiro atoms. The largest absolute Gasteiger partial charge is 0.381 e. The van der Waals surface area contributed by atoms with Gasteiger partial charge in [-0.2, -0.15) is 15.0 Å². The van der Waals surface area contributed by atoms with Crippen LogP contribution in [0.2, 0.25) is 0 Å². The van der Waals surface area contributed by atoms with Gasteiger partial charge in [-0.25, -0.2) is 13.9 Å². The van der Waals surface area contributed by atoms with E-state index < -0.39 is 17.5 Å². The Morgan fingerprint density at radius 1 is 0.971 bits per heavy atom. The van der Waals surface area contributed by atoms with Crippen LogP contribution in [0.25, 0.3) is 11.4 Å². The molecule has 172 valence electrons. The van der Waals surface area contributed by atoms with Crippen LogP contribution in [0.5, 0.6) is 0 Å². The van der Waals surface area contributed by atoms with Crippen LogP contribution in [-0.4, -0.2) is 44.2 Å². The number of rotatable bonds is 7. The van der Waals surface area contributed by atoms with Crippen molar-refractivity contribution < 1.29 is 9.50 Å². The maximum Gasteiger partial charge on any atom is 0.333 e. The van der Waals surface area contributed by atoms with Crippen molar-refractivity contribution in [3.05, 3.63) is 108 Å². The lowest BCUT2D eigenvalue weighted by molar-refractivity contribution is -0.0344. The summed E-state index contributed by atoms with van der Waals surface area (Å²) in [4.78, 5) is 14.8. The smallest absolute Gasteiger partial charge is 0.333 e. The van der Waals surface area contributed by atoms with E-state index in [1.807, 2.05) is 0 Å². The van der Waals surface area contributed by atoms with Crippen LogP contribution >= 0.6 is 0 Å². The van der Waals surface area contributed by atoms with Gasteiger partial charge in [0.2, 0.25) is 0 Å². The number of aromatic nitrogens is 8. The van der Waals surface area contributed by atoms with Crippen molar-refractivity contribution in [3.63, 3.8) is 0 Å². The molecule has 0 saturated carbocycles. The number of halogens is 1. The minimum atomic E-state index is -1.79. The first-order valence-electron chi connectivity index (χ1n) is 10.6. The highest BCUT2D eigenvalue weighted by Crippen LogP contribution is 2.35. The van der Waals surface area contributed by atoms with Crippen molar-refractivity contribution in [2.45, 2.75) is 25.1 Å². The highest BCUT2D eigenvalue weighted by atomic mass is 19.1. The van der Waals surface area contributed by atoms with Crippen LogP contribution < -0.4 is 5.69 Å². The Morgan fingerprint density at radius 2 is 1.68 bits per heavy atom. The zero-order valence-corrected chi connectivity index (χ0v) is 18.2. The molecule has 0 bridgehead atoms. The predicted octanol–water partition coefficient (Wildman–Crippen LogP) is 2.10. The van der Waals surface area contributed by atoms with E-state index in [9.17, 15) is 14.3 Å². The quantitative estimate of drug-likeness (QED) is 0.399. The maximum absolute atomic E-state index is 14.8. The molecule has 0 aliphatic rings. The standard InChI is InChI=1S/C23H21FN8O2/c1-17(23(34,16-29-13-12-25-28-29)20-4-2-3-5-21(20)24)30-14-15-31(22(30)33)18-6-8-19(9-7-18)32-26-10-11-27-32/h2-15,17,34H,16H2,1H3/t17-,23-/m1/s1. The first-order chi connectivity index (χ1) is 16.5. The Kier molecular flexibility index (Phi) is 5.38. The molecule has 2 atom stereocenters. The first kappa shape index (κ1) is 21.5. The SMILES string of the molecule is C[C@@H](n1ccn(-c2ccc(-n3nccn3)cc2)c1=O)[C@](O)(Cn1ccnn1)c1ccccc1F. The minimum absolute atomic E-state index is 0.0636. The van der Waals surface area contributed by atoms with Gasteiger partial charge in [-0.1, -0.05) is 23.4 Å². The zero-order chi connectivity index (χ0) is 23.7. The molecule has 0 amide bonds. The van der Waals surface area contributed by atoms with Gasteiger partial charge in [-0.3, -0.25) is 9.13 Å². The lowest BCUT2D eigenvalue weighted by Crippen LogP contribution is -2.43. The van der Waals surface area contributed by atoms with Gasteiger partial charge in [-0.05, 0) is 37.3 Å². The van der Waals surface area contributed by atoms with Crippen molar-refractivity contribution in [2.75, 3.05) is 0 Å². The fraction of sp³-hybridized carbons (Fsp3) is 0.174. The fourth-order valence-electron chi connectivity index (χ4n) is 4.03. The highest BCUT2D eigenvalue weighted by Gasteiger charge is 2.40. The molecule has 5 rings (SSSR count). The average Bonchev–Trinajstić information content (AvgIpc) is 3.62. The molecule has 11 heteroatoms. The summed E-state index contributed by atoms with van der Waals surface area (Å²) in [5.41, 5.74) is -0.738. The Bertz CT molecular complexity index is 1440. The Hall–Kier alpha value is -4.38. The molecular formula is C23H21FN8O2. The molecule has 0 aliphatic carbocycles. The number of aliphatic hydroxyl groups is 1. The van der Waals surface area contributed by atoms with Gasteiger partial charge in [-0.15, -0.1) is 5.10 Å². The Labute approximate surface area is 193 Å². The van der Waals surface area contributed by atoms with E-state index in [0.29, 0.717) is 5.69 Å². The lowest BCUT2D eigenvalue weighted by Gasteiger charge is -2.35. The summed E-state index contributed by atoms with van der Waals surface area (Å²) < 4.78 is 19.0. The third-order valence-corrected chi connectivity index (χ3v) is 5.90. The summed E-state index contributed by atoms with van der Waals surface area (Å²) in [7, 11) is 0. The number of nitrogens with zero attached hydrogens (tertiary/aromatic N) is 8. The van der Waals surface area contributed by atoms with Gasteiger partial charge in [0.1, 0.15) is 11.4 Å². The molecular weight excluding hydrogens is 439 g/mol. The van der Waals surface area contributed by atoms with Gasteiger partial charge in [0.25, 0.3) is 0 Å². The van der Waals surface area contributed by atoms with Crippen molar-refractivity contribution in [1.82, 2.24) is 39.1 Å². The van der Waals surface area contributed by atoms with E-state index >= 15 is 0 Å². The highest BCUT2D eigenvalue weighted by molar-refractivity contribution is 5.40. The number of hydrogen-bond donors (Lipinski definition) is 1. The third kappa shape index (κ3) is 3.71. The maximum atomic E-state index is 14.8. The lowest BCUT2D eigenvalue weighted by atomic mass is 9.86. The summed E-state index contributed by atoms with van der Waals surface area (Å²) >= 11 is 0. The third-order valence-electron chi connectivity index (χ3n) is 5.90. The molecule has 2 aromatic carbocycles. The molecule has 34 heavy (non-hydrogen) atoms. The molecule has 10 nitrogen and oxygen atoms in total. The van der Waals surface area contributed by atoms with Crippen molar-refractivity contribution in [2.24, 2.45) is 0 Å². The summed E-state index contributed by atoms with van der Waals surface area (Å²) in [6, 6.07) is 12.3. The first-order valence-corrected chi connectivity index (χ1v) is 10.6. The van der Waals surface area contributed by atoms with Crippen LogP contribution in [0.1, 0.15) is 18.5 Å². The second-order valence-electron chi connectivity index (χ2n) is 7.87. The monoisotopic (exact) mass is 460 g/mol. The van der Waals surface area contributed by atoms with Gasteiger partial charge in [0.05, 0.1) is 42.6 Å². The summed E-state index contributed by atoms with van der Waals surface area (Å²) in [6.45, 7) is 1.57. The average molecular weight is 460 g/mol. The second kappa shape index (κ2) is 8.52. The number of imidazole rings is 1. The van der Waals surface area contributed by atoms with Gasteiger partial charge >= 0.3 is 5.69 Å². The molecule has 0 aliphatic heterocycles. The molecule has 1 N–H and O–H groups in total. The zero-order valence-electron chi connectivity index (χ0n) is 18.2. The van der Waals surface area contributed by atoms with E-state index in [1.165, 1.54) is 36.9 Å². The topological polar surface area (TPSA) is 109 Å². The minimum Gasteiger partial charge on any atom is -0.381 e. The molecule has 3 heterocycles. The van der Waals surface area contributed by atoms with Crippen LogP contribution in [0.3, 0.4) is 0 Å². The molecule has 5 aromatic rings. The van der Waals surface area contributed by atoms with E-state index in [2.05, 4.69) is 20.5 Å². The van der Waals surface area contributed by atoms with Crippen molar-refractivity contribution in [1.29, 1.82) is 0 Å². The van der Waals surface area contributed by atoms with Crippen molar-refractivity contribution >= 4 is 0 Å². The van der Waals surface area contributed by atoms with Gasteiger partial charge in [0.15, 0.2) is 0 Å². The molecule has 0 fully saturated rings. The van der Waals surface area contributed by atoms with Crippen LogP contribution in [0.4, 0.5) is 4.39 Å². The Morgan fingerprint density at radius 3 is 2.35 bits per heavy atom. The summed E-state index contributed by atoms with van der Waals surface area (Å²) in [5, 5.41) is 27.7. The number of benzene rings is 2. The van der Waals surface area contributed by atoms with Crippen LogP contribution in [0, 0.1) is 5.82 Å². The second-order valence-corrected chi connectivity index (χ2v) is 7.87. The number of hydrogen-bond acceptors (Lipinski definition) is 6. The van der Waals surface area contributed by atoms with Crippen LogP contribution in [-0.2, 0) is 12.1 Å². The molecule has 0 saturated heterocycles. The fourth-order valence-corrected chi connectivity index (χ4v) is 4.03. The van der Waals surface area contributed by atoms with E-state index in [0.717, 1.165) is 5.69 Å². The van der Waals surface area contributed by atoms with Crippen LogP contribution in [0.15, 0.2) is 90.5 Å². The Balaban J connectivity index is 1.52.